The van der Waals surface area contributed by atoms with Gasteiger partial charge < -0.3 is 4.74 Å². The number of rotatable bonds is 0. The van der Waals surface area contributed by atoms with E-state index in [1.54, 1.807) is 11.3 Å². The van der Waals surface area contributed by atoms with Crippen molar-refractivity contribution in [3.63, 3.8) is 0 Å². The van der Waals surface area contributed by atoms with E-state index in [1.165, 1.54) is 0 Å². The van der Waals surface area contributed by atoms with Crippen LogP contribution in [0.25, 0.3) is 20.2 Å². The summed E-state index contributed by atoms with van der Waals surface area (Å²) in [6.07, 6.45) is 0. The highest BCUT2D eigenvalue weighted by Crippen LogP contribution is 2.50. The summed E-state index contributed by atoms with van der Waals surface area (Å²) >= 11 is 1.63. The maximum Gasteiger partial charge on any atom is 0.199 e. The van der Waals surface area contributed by atoms with Crippen molar-refractivity contribution in [1.82, 2.24) is 0 Å². The molecule has 1 aromatic heterocycles. The van der Waals surface area contributed by atoms with Gasteiger partial charge in [0.25, 0.3) is 0 Å². The molecular weight excluding hydrogens is 220 g/mol. The third-order valence-electron chi connectivity index (χ3n) is 2.83. The third kappa shape index (κ3) is 0.933. The Hall–Kier alpha value is -1.87. The molecule has 0 amide bonds. The van der Waals surface area contributed by atoms with Crippen molar-refractivity contribution in [2.45, 2.75) is 0 Å². The summed E-state index contributed by atoms with van der Waals surface area (Å²) in [5.74, 6) is 1.61. The summed E-state index contributed by atoms with van der Waals surface area (Å²) in [4.78, 5) is 12.3. The Morgan fingerprint density at radius 1 is 1.00 bits per heavy atom. The maximum atomic E-state index is 12.3. The fraction of sp³-hybridized carbons (Fsp3) is 0. The van der Waals surface area contributed by atoms with Crippen molar-refractivity contribution >= 4 is 31.5 Å². The first-order valence-corrected chi connectivity index (χ1v) is 5.83. The fourth-order valence-electron chi connectivity index (χ4n) is 2.01. The Kier molecular flexibility index (Phi) is 1.36. The number of benzene rings is 2. The van der Waals surface area contributed by atoms with E-state index >= 15 is 0 Å². The van der Waals surface area contributed by atoms with Crippen molar-refractivity contribution in [3.8, 4) is 11.5 Å². The molecular formula is C13H6O2S. The molecule has 0 atom stereocenters. The fourth-order valence-corrected chi connectivity index (χ4v) is 3.09. The van der Waals surface area contributed by atoms with Crippen LogP contribution in [0, 0.1) is 0 Å². The third-order valence-corrected chi connectivity index (χ3v) is 3.97. The van der Waals surface area contributed by atoms with E-state index in [2.05, 4.69) is 0 Å². The van der Waals surface area contributed by atoms with Crippen LogP contribution in [0.5, 0.6) is 11.5 Å². The lowest BCUT2D eigenvalue weighted by atomic mass is 10.2. The molecule has 3 heteroatoms. The molecule has 4 rings (SSSR count). The van der Waals surface area contributed by atoms with Crippen molar-refractivity contribution in [2.75, 3.05) is 0 Å². The molecule has 0 bridgehead atoms. The first-order chi connectivity index (χ1) is 7.84. The molecule has 2 nitrogen and oxygen atoms in total. The highest BCUT2D eigenvalue weighted by Gasteiger charge is 2.25. The standard InChI is InChI=1S/C13H6O2S/c14-12-7-3-1-2-4-9(7)16-10-6-5-8-13(15-8)11(10)12/h1-6H. The lowest BCUT2D eigenvalue weighted by Crippen LogP contribution is -1.99. The molecule has 0 fully saturated rings. The minimum absolute atomic E-state index is 0.0821. The Balaban J connectivity index is 2.36. The summed E-state index contributed by atoms with van der Waals surface area (Å²) in [5.41, 5.74) is 0.0821. The molecule has 0 unspecified atom stereocenters. The van der Waals surface area contributed by atoms with Gasteiger partial charge in [0.05, 0.1) is 5.39 Å². The van der Waals surface area contributed by atoms with Gasteiger partial charge in [0, 0.05) is 14.8 Å². The molecule has 2 heterocycles. The molecule has 76 valence electrons. The van der Waals surface area contributed by atoms with Crippen LogP contribution in [0.2, 0.25) is 0 Å². The molecule has 1 aliphatic heterocycles. The van der Waals surface area contributed by atoms with E-state index in [0.29, 0.717) is 0 Å². The van der Waals surface area contributed by atoms with E-state index < -0.39 is 0 Å². The van der Waals surface area contributed by atoms with Gasteiger partial charge in [-0.25, -0.2) is 0 Å². The van der Waals surface area contributed by atoms with E-state index in [4.69, 9.17) is 4.74 Å². The van der Waals surface area contributed by atoms with Crippen LogP contribution in [0.3, 0.4) is 0 Å². The van der Waals surface area contributed by atoms with Gasteiger partial charge in [-0.05, 0) is 24.3 Å². The highest BCUT2D eigenvalue weighted by atomic mass is 32.1. The van der Waals surface area contributed by atoms with Crippen LogP contribution in [-0.2, 0) is 0 Å². The Bertz CT molecular complexity index is 802. The zero-order valence-corrected chi connectivity index (χ0v) is 9.01. The number of hydrogen-bond donors (Lipinski definition) is 0. The first-order valence-electron chi connectivity index (χ1n) is 5.01. The van der Waals surface area contributed by atoms with Crippen LogP contribution in [0.1, 0.15) is 0 Å². The minimum atomic E-state index is 0.0821. The van der Waals surface area contributed by atoms with Gasteiger partial charge >= 0.3 is 0 Å². The molecule has 2 aromatic carbocycles. The van der Waals surface area contributed by atoms with Crippen LogP contribution in [0.4, 0.5) is 0 Å². The average Bonchev–Trinajstić information content (AvgIpc) is 3.08. The van der Waals surface area contributed by atoms with Crippen molar-refractivity contribution in [1.29, 1.82) is 0 Å². The van der Waals surface area contributed by atoms with E-state index in [9.17, 15) is 4.79 Å². The van der Waals surface area contributed by atoms with Crippen molar-refractivity contribution < 1.29 is 4.74 Å². The zero-order chi connectivity index (χ0) is 10.7. The largest absolute Gasteiger partial charge is 0.449 e. The van der Waals surface area contributed by atoms with E-state index in [1.807, 2.05) is 36.4 Å². The maximum absolute atomic E-state index is 12.3. The summed E-state index contributed by atoms with van der Waals surface area (Å²) in [5, 5.41) is 1.52. The highest BCUT2D eigenvalue weighted by molar-refractivity contribution is 7.24. The second kappa shape index (κ2) is 2.62. The van der Waals surface area contributed by atoms with E-state index in [0.717, 1.165) is 31.7 Å². The van der Waals surface area contributed by atoms with Crippen LogP contribution in [-0.4, -0.2) is 0 Å². The summed E-state index contributed by atoms with van der Waals surface area (Å²) in [7, 11) is 0. The zero-order valence-electron chi connectivity index (χ0n) is 8.19. The van der Waals surface area contributed by atoms with Crippen molar-refractivity contribution in [2.24, 2.45) is 0 Å². The molecule has 1 aliphatic rings. The second-order valence-electron chi connectivity index (χ2n) is 3.80. The van der Waals surface area contributed by atoms with Crippen LogP contribution < -0.4 is 10.2 Å². The monoisotopic (exact) mass is 226 g/mol. The quantitative estimate of drug-likeness (QED) is 0.339. The number of hydrogen-bond acceptors (Lipinski definition) is 3. The molecule has 16 heavy (non-hydrogen) atoms. The van der Waals surface area contributed by atoms with Gasteiger partial charge in [0.2, 0.25) is 0 Å². The predicted octanol–water partition coefficient (Wildman–Crippen LogP) is 3.52. The Labute approximate surface area is 94.7 Å². The van der Waals surface area contributed by atoms with Gasteiger partial charge in [-0.3, -0.25) is 4.79 Å². The minimum Gasteiger partial charge on any atom is -0.449 e. The average molecular weight is 226 g/mol. The topological polar surface area (TPSA) is 29.6 Å². The Morgan fingerprint density at radius 2 is 1.88 bits per heavy atom. The van der Waals surface area contributed by atoms with Crippen LogP contribution in [0.15, 0.2) is 41.2 Å². The van der Waals surface area contributed by atoms with Crippen molar-refractivity contribution in [3.05, 3.63) is 46.6 Å². The van der Waals surface area contributed by atoms with Crippen LogP contribution >= 0.6 is 11.3 Å². The first kappa shape index (κ1) is 8.30. The summed E-state index contributed by atoms with van der Waals surface area (Å²) < 4.78 is 7.32. The van der Waals surface area contributed by atoms with Gasteiger partial charge in [0.1, 0.15) is 0 Å². The van der Waals surface area contributed by atoms with Gasteiger partial charge in [0.15, 0.2) is 16.9 Å². The SMILES string of the molecule is O=c1c2ccccc2sc2ccc3c(c12)O3. The second-order valence-corrected chi connectivity index (χ2v) is 4.88. The molecule has 0 N–H and O–H groups in total. The van der Waals surface area contributed by atoms with Gasteiger partial charge in [-0.2, -0.15) is 0 Å². The van der Waals surface area contributed by atoms with Gasteiger partial charge in [-0.1, -0.05) is 12.1 Å². The smallest absolute Gasteiger partial charge is 0.199 e. The number of fused-ring (bicyclic) bond motifs is 4. The molecule has 3 aromatic rings. The molecule has 0 aliphatic carbocycles. The van der Waals surface area contributed by atoms with E-state index in [-0.39, 0.29) is 5.43 Å². The molecule has 0 saturated carbocycles. The Morgan fingerprint density at radius 3 is 2.81 bits per heavy atom. The summed E-state index contributed by atoms with van der Waals surface area (Å²) in [6, 6.07) is 11.6. The van der Waals surface area contributed by atoms with Gasteiger partial charge in [-0.15, -0.1) is 11.3 Å². The number of ether oxygens (including phenoxy) is 1. The summed E-state index contributed by atoms with van der Waals surface area (Å²) in [6.45, 7) is 0. The molecule has 0 spiro atoms. The lowest BCUT2D eigenvalue weighted by molar-refractivity contribution is 0.653. The lowest BCUT2D eigenvalue weighted by Gasteiger charge is -1.97. The predicted molar refractivity (Wildman–Crippen MR) is 65.7 cm³/mol. The molecule has 0 radical (unpaired) electrons. The normalized spacial score (nSPS) is 12.5. The molecule has 0 saturated heterocycles.